The van der Waals surface area contributed by atoms with Crippen molar-refractivity contribution in [1.82, 2.24) is 0 Å². The topological polar surface area (TPSA) is 0 Å². The van der Waals surface area contributed by atoms with Crippen LogP contribution in [0.3, 0.4) is 0 Å². The van der Waals surface area contributed by atoms with Crippen molar-refractivity contribution < 1.29 is 0 Å². The second kappa shape index (κ2) is 8.80. The Balaban J connectivity index is 3.71. The van der Waals surface area contributed by atoms with Crippen LogP contribution in [0.15, 0.2) is 36.0 Å². The minimum Gasteiger partial charge on any atom is -0.0845 e. The van der Waals surface area contributed by atoms with Crippen LogP contribution in [0.4, 0.5) is 0 Å². The van der Waals surface area contributed by atoms with Gasteiger partial charge in [0.15, 0.2) is 0 Å². The van der Waals surface area contributed by atoms with E-state index in [1.165, 1.54) is 24.8 Å². The van der Waals surface area contributed by atoms with E-state index >= 15 is 0 Å². The lowest BCUT2D eigenvalue weighted by atomic mass is 10.1. The van der Waals surface area contributed by atoms with Crippen LogP contribution in [-0.2, 0) is 0 Å². The Kier molecular flexibility index (Phi) is 8.31. The molecule has 0 aromatic rings. The molecule has 0 radical (unpaired) electrons. The van der Waals surface area contributed by atoms with E-state index in [-0.39, 0.29) is 0 Å². The lowest BCUT2D eigenvalue weighted by molar-refractivity contribution is 0.814. The summed E-state index contributed by atoms with van der Waals surface area (Å²) in [5.41, 5.74) is 1.39. The van der Waals surface area contributed by atoms with Crippen LogP contribution >= 0.6 is 0 Å². The third-order valence-electron chi connectivity index (χ3n) is 1.98. The lowest BCUT2D eigenvalue weighted by Crippen LogP contribution is -1.82. The van der Waals surface area contributed by atoms with Gasteiger partial charge in [0.2, 0.25) is 0 Å². The van der Waals surface area contributed by atoms with E-state index in [0.29, 0.717) is 5.92 Å². The summed E-state index contributed by atoms with van der Waals surface area (Å²) >= 11 is 0. The Morgan fingerprint density at radius 1 is 1.21 bits per heavy atom. The van der Waals surface area contributed by atoms with E-state index in [1.807, 2.05) is 0 Å². The van der Waals surface area contributed by atoms with Gasteiger partial charge in [0.05, 0.1) is 0 Å². The Hall–Kier alpha value is -0.780. The maximum atomic E-state index is 2.27. The van der Waals surface area contributed by atoms with E-state index in [0.717, 1.165) is 0 Å². The van der Waals surface area contributed by atoms with Crippen molar-refractivity contribution in [3.63, 3.8) is 0 Å². The first-order chi connectivity index (χ1) is 6.66. The zero-order chi connectivity index (χ0) is 10.8. The van der Waals surface area contributed by atoms with Crippen LogP contribution in [0.25, 0.3) is 0 Å². The Morgan fingerprint density at radius 3 is 2.50 bits per heavy atom. The van der Waals surface area contributed by atoms with E-state index in [4.69, 9.17) is 0 Å². The molecule has 0 saturated heterocycles. The summed E-state index contributed by atoms with van der Waals surface area (Å²) in [6.07, 6.45) is 14.8. The van der Waals surface area contributed by atoms with Crippen molar-refractivity contribution >= 4 is 0 Å². The molecule has 1 atom stereocenters. The van der Waals surface area contributed by atoms with Gasteiger partial charge in [-0.15, -0.1) is 0 Å². The summed E-state index contributed by atoms with van der Waals surface area (Å²) in [6.45, 7) is 8.72. The van der Waals surface area contributed by atoms with Gasteiger partial charge >= 0.3 is 0 Å². The van der Waals surface area contributed by atoms with Crippen molar-refractivity contribution in [2.24, 2.45) is 5.92 Å². The molecule has 14 heavy (non-hydrogen) atoms. The molecule has 0 fully saturated rings. The summed E-state index contributed by atoms with van der Waals surface area (Å²) in [5.74, 6) is 0.552. The Bertz CT molecular complexity index is 202. The summed E-state index contributed by atoms with van der Waals surface area (Å²) < 4.78 is 0. The van der Waals surface area contributed by atoms with Gasteiger partial charge in [0, 0.05) is 0 Å². The second-order valence-electron chi connectivity index (χ2n) is 4.06. The van der Waals surface area contributed by atoms with E-state index in [1.54, 1.807) is 0 Å². The van der Waals surface area contributed by atoms with E-state index in [9.17, 15) is 0 Å². The van der Waals surface area contributed by atoms with Crippen LogP contribution < -0.4 is 0 Å². The first kappa shape index (κ1) is 13.2. The largest absolute Gasteiger partial charge is 0.0845 e. The standard InChI is InChI=1S/C14H24/c1-5-6-7-8-9-10-11-14(4)12-13(2)3/h8-12,14H,5-7H2,1-4H3. The molecule has 1 unspecified atom stereocenters. The van der Waals surface area contributed by atoms with E-state index < -0.39 is 0 Å². The van der Waals surface area contributed by atoms with Crippen molar-refractivity contribution in [3.8, 4) is 0 Å². The normalized spacial score (nSPS) is 13.7. The fourth-order valence-electron chi connectivity index (χ4n) is 1.32. The molecule has 0 bridgehead atoms. The number of hydrogen-bond acceptors (Lipinski definition) is 0. The van der Waals surface area contributed by atoms with E-state index in [2.05, 4.69) is 58.1 Å². The van der Waals surface area contributed by atoms with Crippen molar-refractivity contribution in [2.75, 3.05) is 0 Å². The summed E-state index contributed by atoms with van der Waals surface area (Å²) in [6, 6.07) is 0. The highest BCUT2D eigenvalue weighted by Gasteiger charge is 1.88. The molecule has 0 aliphatic heterocycles. The molecule has 0 aliphatic carbocycles. The molecule has 0 saturated carbocycles. The average molecular weight is 192 g/mol. The molecule has 0 rings (SSSR count). The molecule has 80 valence electrons. The molecule has 0 nitrogen and oxygen atoms in total. The van der Waals surface area contributed by atoms with Gasteiger partial charge in [0.25, 0.3) is 0 Å². The highest BCUT2D eigenvalue weighted by Crippen LogP contribution is 2.04. The van der Waals surface area contributed by atoms with Crippen molar-refractivity contribution in [3.05, 3.63) is 36.0 Å². The monoisotopic (exact) mass is 192 g/mol. The maximum Gasteiger partial charge on any atom is -0.00763 e. The molecule has 0 spiro atoms. The SMILES string of the molecule is CCCCC=CC=CC(C)C=C(C)C. The predicted molar refractivity (Wildman–Crippen MR) is 66.4 cm³/mol. The summed E-state index contributed by atoms with van der Waals surface area (Å²) in [4.78, 5) is 0. The third kappa shape index (κ3) is 9.31. The maximum absolute atomic E-state index is 2.27. The van der Waals surface area contributed by atoms with Gasteiger partial charge in [-0.2, -0.15) is 0 Å². The first-order valence-electron chi connectivity index (χ1n) is 5.65. The van der Waals surface area contributed by atoms with Gasteiger partial charge < -0.3 is 0 Å². The molecule has 0 aromatic carbocycles. The summed E-state index contributed by atoms with van der Waals surface area (Å²) in [5, 5.41) is 0. The average Bonchev–Trinajstić information content (AvgIpc) is 2.10. The van der Waals surface area contributed by atoms with Gasteiger partial charge in [-0.05, 0) is 26.2 Å². The fraction of sp³-hybridized carbons (Fsp3) is 0.571. The minimum atomic E-state index is 0.552. The Morgan fingerprint density at radius 2 is 1.93 bits per heavy atom. The number of hydrogen-bond donors (Lipinski definition) is 0. The zero-order valence-corrected chi connectivity index (χ0v) is 10.1. The molecule has 0 heteroatoms. The predicted octanol–water partition coefficient (Wildman–Crippen LogP) is 4.89. The van der Waals surface area contributed by atoms with Crippen molar-refractivity contribution in [1.29, 1.82) is 0 Å². The van der Waals surface area contributed by atoms with Crippen LogP contribution in [0.2, 0.25) is 0 Å². The van der Waals surface area contributed by atoms with Crippen LogP contribution in [0, 0.1) is 5.92 Å². The van der Waals surface area contributed by atoms with Gasteiger partial charge in [0.1, 0.15) is 0 Å². The van der Waals surface area contributed by atoms with Crippen LogP contribution in [0.5, 0.6) is 0 Å². The van der Waals surface area contributed by atoms with Crippen LogP contribution in [-0.4, -0.2) is 0 Å². The molecule has 0 N–H and O–H groups in total. The van der Waals surface area contributed by atoms with Gasteiger partial charge in [-0.25, -0.2) is 0 Å². The molecule has 0 aromatic heterocycles. The molecule has 0 amide bonds. The van der Waals surface area contributed by atoms with Crippen LogP contribution in [0.1, 0.15) is 47.0 Å². The molecular formula is C14H24. The Labute approximate surface area is 89.4 Å². The highest BCUT2D eigenvalue weighted by atomic mass is 13.9. The number of unbranched alkanes of at least 4 members (excludes halogenated alkanes) is 2. The molecule has 0 heterocycles. The van der Waals surface area contributed by atoms with Gasteiger partial charge in [-0.3, -0.25) is 0 Å². The quantitative estimate of drug-likeness (QED) is 0.319. The molecular weight excluding hydrogens is 168 g/mol. The highest BCUT2D eigenvalue weighted by molar-refractivity contribution is 5.09. The smallest absolute Gasteiger partial charge is 0.00763 e. The lowest BCUT2D eigenvalue weighted by Gasteiger charge is -1.97. The number of rotatable bonds is 6. The second-order valence-corrected chi connectivity index (χ2v) is 4.06. The molecule has 0 aliphatic rings. The third-order valence-corrected chi connectivity index (χ3v) is 1.98. The first-order valence-corrected chi connectivity index (χ1v) is 5.65. The minimum absolute atomic E-state index is 0.552. The number of allylic oxidation sites excluding steroid dienone is 6. The van der Waals surface area contributed by atoms with Gasteiger partial charge in [-0.1, -0.05) is 62.6 Å². The van der Waals surface area contributed by atoms with Crippen molar-refractivity contribution in [2.45, 2.75) is 47.0 Å². The zero-order valence-electron chi connectivity index (χ0n) is 10.1. The fourth-order valence-corrected chi connectivity index (χ4v) is 1.32. The summed E-state index contributed by atoms with van der Waals surface area (Å²) in [7, 11) is 0.